The van der Waals surface area contributed by atoms with E-state index in [1.165, 1.54) is 12.1 Å². The average Bonchev–Trinajstić information content (AvgIpc) is 2.43. The fourth-order valence-corrected chi connectivity index (χ4v) is 2.08. The molecule has 0 saturated carbocycles. The summed E-state index contributed by atoms with van der Waals surface area (Å²) in [5, 5.41) is 4.35. The molecular weight excluding hydrogens is 186 g/mol. The van der Waals surface area contributed by atoms with Crippen LogP contribution in [0.5, 0.6) is 0 Å². The second-order valence-corrected chi connectivity index (χ2v) is 4.84. The van der Waals surface area contributed by atoms with Crippen LogP contribution in [-0.4, -0.2) is 16.3 Å². The van der Waals surface area contributed by atoms with Gasteiger partial charge in [-0.15, -0.1) is 0 Å². The lowest BCUT2D eigenvalue weighted by molar-refractivity contribution is 0.406. The molecule has 1 atom stereocenters. The van der Waals surface area contributed by atoms with Crippen LogP contribution in [0.2, 0.25) is 0 Å². The van der Waals surface area contributed by atoms with Crippen molar-refractivity contribution in [1.29, 1.82) is 0 Å². The van der Waals surface area contributed by atoms with Crippen LogP contribution in [0.4, 0.5) is 0 Å². The van der Waals surface area contributed by atoms with E-state index in [1.54, 1.807) is 0 Å². The molecule has 15 heavy (non-hydrogen) atoms. The summed E-state index contributed by atoms with van der Waals surface area (Å²) in [6.07, 6.45) is 2.24. The molecule has 0 aliphatic carbocycles. The molecule has 0 bridgehead atoms. The van der Waals surface area contributed by atoms with Gasteiger partial charge in [-0.1, -0.05) is 13.8 Å². The van der Waals surface area contributed by atoms with Crippen LogP contribution in [0, 0.1) is 18.8 Å². The highest BCUT2D eigenvalue weighted by Crippen LogP contribution is 2.16. The Hall–Kier alpha value is -0.830. The van der Waals surface area contributed by atoms with Gasteiger partial charge in [-0.2, -0.15) is 5.10 Å². The summed E-state index contributed by atoms with van der Waals surface area (Å²) < 4.78 is 1.97. The van der Waals surface area contributed by atoms with Gasteiger partial charge in [-0.05, 0) is 44.2 Å². The monoisotopic (exact) mass is 209 g/mol. The van der Waals surface area contributed by atoms with E-state index in [-0.39, 0.29) is 0 Å². The standard InChI is InChI=1S/C12H23N3/c1-9(2)5-11(8-13)7-12-6-10(3)14-15(12)4/h6,9,11H,5,7-8,13H2,1-4H3. The molecule has 0 amide bonds. The Labute approximate surface area is 92.7 Å². The maximum absolute atomic E-state index is 5.80. The van der Waals surface area contributed by atoms with Crippen LogP contribution in [-0.2, 0) is 13.5 Å². The molecule has 1 rings (SSSR count). The number of rotatable bonds is 5. The van der Waals surface area contributed by atoms with Crippen molar-refractivity contribution >= 4 is 0 Å². The zero-order valence-electron chi connectivity index (χ0n) is 10.3. The molecule has 2 N–H and O–H groups in total. The summed E-state index contributed by atoms with van der Waals surface area (Å²) in [5.74, 6) is 1.30. The van der Waals surface area contributed by atoms with Gasteiger partial charge in [0, 0.05) is 12.7 Å². The van der Waals surface area contributed by atoms with Crippen molar-refractivity contribution in [2.45, 2.75) is 33.6 Å². The van der Waals surface area contributed by atoms with Crippen LogP contribution in [0.25, 0.3) is 0 Å². The molecule has 0 fully saturated rings. The topological polar surface area (TPSA) is 43.8 Å². The molecule has 0 aromatic carbocycles. The molecule has 0 aliphatic heterocycles. The molecule has 1 heterocycles. The Morgan fingerprint density at radius 3 is 2.53 bits per heavy atom. The van der Waals surface area contributed by atoms with Crippen molar-refractivity contribution in [3.63, 3.8) is 0 Å². The quantitative estimate of drug-likeness (QED) is 0.805. The minimum atomic E-state index is 0.583. The van der Waals surface area contributed by atoms with E-state index in [4.69, 9.17) is 5.73 Å². The van der Waals surface area contributed by atoms with Crippen molar-refractivity contribution in [1.82, 2.24) is 9.78 Å². The lowest BCUT2D eigenvalue weighted by Crippen LogP contribution is -2.20. The Balaban J connectivity index is 2.62. The largest absolute Gasteiger partial charge is 0.330 e. The van der Waals surface area contributed by atoms with Crippen molar-refractivity contribution in [3.8, 4) is 0 Å². The number of nitrogens with zero attached hydrogens (tertiary/aromatic N) is 2. The average molecular weight is 209 g/mol. The second-order valence-electron chi connectivity index (χ2n) is 4.84. The van der Waals surface area contributed by atoms with Gasteiger partial charge < -0.3 is 5.73 Å². The summed E-state index contributed by atoms with van der Waals surface area (Å²) in [6.45, 7) is 7.29. The summed E-state index contributed by atoms with van der Waals surface area (Å²) in [7, 11) is 2.01. The minimum Gasteiger partial charge on any atom is -0.330 e. The molecule has 3 heteroatoms. The molecule has 3 nitrogen and oxygen atoms in total. The summed E-state index contributed by atoms with van der Waals surface area (Å²) in [5.41, 5.74) is 8.18. The van der Waals surface area contributed by atoms with E-state index >= 15 is 0 Å². The number of hydrogen-bond acceptors (Lipinski definition) is 2. The number of hydrogen-bond donors (Lipinski definition) is 1. The van der Waals surface area contributed by atoms with Gasteiger partial charge in [0.2, 0.25) is 0 Å². The summed E-state index contributed by atoms with van der Waals surface area (Å²) in [6, 6.07) is 2.16. The predicted octanol–water partition coefficient (Wildman–Crippen LogP) is 1.89. The zero-order valence-corrected chi connectivity index (χ0v) is 10.3. The molecule has 0 saturated heterocycles. The maximum atomic E-state index is 5.80. The first-order chi connectivity index (χ1) is 7.02. The molecular formula is C12H23N3. The summed E-state index contributed by atoms with van der Waals surface area (Å²) >= 11 is 0. The molecule has 1 aromatic rings. The van der Waals surface area contributed by atoms with E-state index < -0.39 is 0 Å². The predicted molar refractivity (Wildman–Crippen MR) is 63.6 cm³/mol. The van der Waals surface area contributed by atoms with Crippen LogP contribution in [0.3, 0.4) is 0 Å². The van der Waals surface area contributed by atoms with E-state index in [9.17, 15) is 0 Å². The van der Waals surface area contributed by atoms with Crippen molar-refractivity contribution in [2.75, 3.05) is 6.54 Å². The van der Waals surface area contributed by atoms with E-state index in [2.05, 4.69) is 25.0 Å². The Kier molecular flexibility index (Phi) is 4.33. The molecule has 1 aromatic heterocycles. The lowest BCUT2D eigenvalue weighted by Gasteiger charge is -2.16. The van der Waals surface area contributed by atoms with Gasteiger partial charge in [0.15, 0.2) is 0 Å². The van der Waals surface area contributed by atoms with Crippen LogP contribution < -0.4 is 5.73 Å². The first kappa shape index (κ1) is 12.2. The van der Waals surface area contributed by atoms with Gasteiger partial charge in [0.1, 0.15) is 0 Å². The lowest BCUT2D eigenvalue weighted by atomic mass is 9.93. The van der Waals surface area contributed by atoms with E-state index in [0.29, 0.717) is 11.8 Å². The highest BCUT2D eigenvalue weighted by molar-refractivity contribution is 5.09. The molecule has 0 radical (unpaired) electrons. The van der Waals surface area contributed by atoms with Gasteiger partial charge in [0.05, 0.1) is 5.69 Å². The maximum Gasteiger partial charge on any atom is 0.0596 e. The summed E-state index contributed by atoms with van der Waals surface area (Å²) in [4.78, 5) is 0. The Bertz CT molecular complexity index is 302. The Morgan fingerprint density at radius 2 is 2.13 bits per heavy atom. The van der Waals surface area contributed by atoms with E-state index in [0.717, 1.165) is 18.7 Å². The van der Waals surface area contributed by atoms with Crippen molar-refractivity contribution in [2.24, 2.45) is 24.6 Å². The SMILES string of the molecule is Cc1cc(CC(CN)CC(C)C)n(C)n1. The van der Waals surface area contributed by atoms with Gasteiger partial charge in [0.25, 0.3) is 0 Å². The van der Waals surface area contributed by atoms with Crippen molar-refractivity contribution < 1.29 is 0 Å². The molecule has 86 valence electrons. The fraction of sp³-hybridized carbons (Fsp3) is 0.750. The molecule has 0 spiro atoms. The van der Waals surface area contributed by atoms with Gasteiger partial charge >= 0.3 is 0 Å². The number of aryl methyl sites for hydroxylation is 2. The molecule has 1 unspecified atom stereocenters. The minimum absolute atomic E-state index is 0.583. The fourth-order valence-electron chi connectivity index (χ4n) is 2.08. The van der Waals surface area contributed by atoms with E-state index in [1.807, 2.05) is 18.7 Å². The van der Waals surface area contributed by atoms with Gasteiger partial charge in [-0.25, -0.2) is 0 Å². The van der Waals surface area contributed by atoms with Crippen LogP contribution in [0.15, 0.2) is 6.07 Å². The Morgan fingerprint density at radius 1 is 1.47 bits per heavy atom. The highest BCUT2D eigenvalue weighted by atomic mass is 15.3. The first-order valence-electron chi connectivity index (χ1n) is 5.72. The third kappa shape index (κ3) is 3.67. The van der Waals surface area contributed by atoms with Crippen LogP contribution >= 0.6 is 0 Å². The second kappa shape index (κ2) is 5.31. The van der Waals surface area contributed by atoms with Crippen LogP contribution in [0.1, 0.15) is 31.7 Å². The normalized spacial score (nSPS) is 13.5. The smallest absolute Gasteiger partial charge is 0.0596 e. The third-order valence-electron chi connectivity index (χ3n) is 2.73. The molecule has 0 aliphatic rings. The number of aromatic nitrogens is 2. The van der Waals surface area contributed by atoms with Crippen molar-refractivity contribution in [3.05, 3.63) is 17.5 Å². The number of nitrogens with two attached hydrogens (primary N) is 1. The first-order valence-corrected chi connectivity index (χ1v) is 5.72. The highest BCUT2D eigenvalue weighted by Gasteiger charge is 2.12. The van der Waals surface area contributed by atoms with Gasteiger partial charge in [-0.3, -0.25) is 4.68 Å². The third-order valence-corrected chi connectivity index (χ3v) is 2.73. The zero-order chi connectivity index (χ0) is 11.4.